The molecule has 1 aliphatic heterocycles. The molecule has 19 heavy (non-hydrogen) atoms. The van der Waals surface area contributed by atoms with Gasteiger partial charge in [-0.2, -0.15) is 4.31 Å². The van der Waals surface area contributed by atoms with Crippen LogP contribution in [0.1, 0.15) is 12.0 Å². The molecule has 7 heteroatoms. The number of likely N-dealkylation sites (N-methyl/N-ethyl adjacent to an activating group) is 1. The third-order valence-corrected chi connectivity index (χ3v) is 5.32. The highest BCUT2D eigenvalue weighted by Crippen LogP contribution is 2.26. The van der Waals surface area contributed by atoms with E-state index in [2.05, 4.69) is 0 Å². The van der Waals surface area contributed by atoms with Crippen molar-refractivity contribution in [3.63, 3.8) is 0 Å². The zero-order valence-corrected chi connectivity index (χ0v) is 11.7. The van der Waals surface area contributed by atoms with Crippen molar-refractivity contribution in [2.75, 3.05) is 26.0 Å². The number of nitrogen functional groups attached to an aromatic ring is 1. The number of hydrogen-bond donors (Lipinski definition) is 1. The van der Waals surface area contributed by atoms with Crippen LogP contribution in [0.25, 0.3) is 0 Å². The number of sulfonamides is 1. The smallest absolute Gasteiger partial charge is 0.246 e. The van der Waals surface area contributed by atoms with Crippen molar-refractivity contribution < 1.29 is 17.5 Å². The predicted molar refractivity (Wildman–Crippen MR) is 69.7 cm³/mol. The first-order valence-electron chi connectivity index (χ1n) is 5.95. The third-order valence-electron chi connectivity index (χ3n) is 3.40. The molecule has 0 aromatic heterocycles. The molecular formula is C12H17FN2O3S. The standard InChI is InChI=1S/C12H17FN2O3S/c1-8-5-10(13)12(6-11(8)14)19(16,17)15(2)9-3-4-18-7-9/h5-6,9H,3-4,7,14H2,1-2H3. The van der Waals surface area contributed by atoms with Gasteiger partial charge in [-0.05, 0) is 31.0 Å². The summed E-state index contributed by atoms with van der Waals surface area (Å²) in [6.07, 6.45) is 0.610. The molecule has 2 rings (SSSR count). The van der Waals surface area contributed by atoms with E-state index in [-0.39, 0.29) is 16.6 Å². The molecule has 1 atom stereocenters. The highest BCUT2D eigenvalue weighted by molar-refractivity contribution is 7.89. The van der Waals surface area contributed by atoms with Crippen molar-refractivity contribution in [2.45, 2.75) is 24.3 Å². The minimum atomic E-state index is -3.89. The fraction of sp³-hybridized carbons (Fsp3) is 0.500. The highest BCUT2D eigenvalue weighted by Gasteiger charge is 2.32. The second kappa shape index (κ2) is 5.07. The lowest BCUT2D eigenvalue weighted by Crippen LogP contribution is -2.37. The Labute approximate surface area is 112 Å². The number of nitrogens with two attached hydrogens (primary N) is 1. The third kappa shape index (κ3) is 2.58. The first-order valence-corrected chi connectivity index (χ1v) is 7.39. The lowest BCUT2D eigenvalue weighted by molar-refractivity contribution is 0.180. The Morgan fingerprint density at radius 3 is 2.74 bits per heavy atom. The van der Waals surface area contributed by atoms with Gasteiger partial charge in [0, 0.05) is 19.3 Å². The summed E-state index contributed by atoms with van der Waals surface area (Å²) in [7, 11) is -2.46. The van der Waals surface area contributed by atoms with Gasteiger partial charge in [-0.3, -0.25) is 0 Å². The Balaban J connectivity index is 2.41. The van der Waals surface area contributed by atoms with Crippen molar-refractivity contribution in [3.8, 4) is 0 Å². The number of benzene rings is 1. The zero-order valence-electron chi connectivity index (χ0n) is 10.9. The first kappa shape index (κ1) is 14.2. The van der Waals surface area contributed by atoms with E-state index < -0.39 is 15.8 Å². The number of rotatable bonds is 3. The quantitative estimate of drug-likeness (QED) is 0.846. The summed E-state index contributed by atoms with van der Waals surface area (Å²) in [5.41, 5.74) is 6.44. The number of nitrogens with zero attached hydrogens (tertiary/aromatic N) is 1. The van der Waals surface area contributed by atoms with Gasteiger partial charge in [0.05, 0.1) is 12.6 Å². The number of hydrogen-bond acceptors (Lipinski definition) is 4. The van der Waals surface area contributed by atoms with Crippen LogP contribution in [-0.4, -0.2) is 39.0 Å². The lowest BCUT2D eigenvalue weighted by atomic mass is 10.2. The van der Waals surface area contributed by atoms with E-state index in [4.69, 9.17) is 10.5 Å². The molecule has 0 spiro atoms. The number of aryl methyl sites for hydroxylation is 1. The van der Waals surface area contributed by atoms with Crippen molar-refractivity contribution in [3.05, 3.63) is 23.5 Å². The molecule has 0 amide bonds. The maximum absolute atomic E-state index is 13.9. The van der Waals surface area contributed by atoms with Crippen molar-refractivity contribution in [1.82, 2.24) is 4.31 Å². The molecule has 0 saturated carbocycles. The SMILES string of the molecule is Cc1cc(F)c(S(=O)(=O)N(C)C2CCOC2)cc1N. The van der Waals surface area contributed by atoms with Crippen LogP contribution in [0.5, 0.6) is 0 Å². The van der Waals surface area contributed by atoms with E-state index in [1.165, 1.54) is 13.1 Å². The number of halogens is 1. The fourth-order valence-electron chi connectivity index (χ4n) is 2.03. The summed E-state index contributed by atoms with van der Waals surface area (Å²) in [5.74, 6) is -0.780. The van der Waals surface area contributed by atoms with Gasteiger partial charge in [-0.15, -0.1) is 0 Å². The first-order chi connectivity index (χ1) is 8.84. The summed E-state index contributed by atoms with van der Waals surface area (Å²) in [6.45, 7) is 2.48. The molecule has 0 bridgehead atoms. The Hall–Kier alpha value is -1.18. The zero-order chi connectivity index (χ0) is 14.2. The van der Waals surface area contributed by atoms with Gasteiger partial charge in [0.15, 0.2) is 0 Å². The van der Waals surface area contributed by atoms with Crippen LogP contribution in [0.2, 0.25) is 0 Å². The van der Waals surface area contributed by atoms with Crippen LogP contribution >= 0.6 is 0 Å². The summed E-state index contributed by atoms with van der Waals surface area (Å²) in [5, 5.41) is 0. The molecule has 1 saturated heterocycles. The lowest BCUT2D eigenvalue weighted by Gasteiger charge is -2.23. The molecule has 106 valence electrons. The average Bonchev–Trinajstić information content (AvgIpc) is 2.86. The molecule has 1 aromatic rings. The van der Waals surface area contributed by atoms with Crippen LogP contribution in [0.3, 0.4) is 0 Å². The summed E-state index contributed by atoms with van der Waals surface area (Å²) in [4.78, 5) is -0.384. The van der Waals surface area contributed by atoms with Crippen LogP contribution in [0.4, 0.5) is 10.1 Å². The van der Waals surface area contributed by atoms with Gasteiger partial charge in [-0.25, -0.2) is 12.8 Å². The Kier molecular flexibility index (Phi) is 3.80. The van der Waals surface area contributed by atoms with Gasteiger partial charge in [0.2, 0.25) is 10.0 Å². The second-order valence-corrected chi connectivity index (χ2v) is 6.64. The number of anilines is 1. The fourth-order valence-corrected chi connectivity index (χ4v) is 3.48. The highest BCUT2D eigenvalue weighted by atomic mass is 32.2. The largest absolute Gasteiger partial charge is 0.398 e. The van der Waals surface area contributed by atoms with E-state index in [1.807, 2.05) is 0 Å². The van der Waals surface area contributed by atoms with E-state index >= 15 is 0 Å². The topological polar surface area (TPSA) is 72.6 Å². The van der Waals surface area contributed by atoms with Gasteiger partial charge >= 0.3 is 0 Å². The Bertz CT molecular complexity index is 583. The van der Waals surface area contributed by atoms with Gasteiger partial charge in [-0.1, -0.05) is 0 Å². The minimum absolute atomic E-state index is 0.257. The molecular weight excluding hydrogens is 271 g/mol. The van der Waals surface area contributed by atoms with Crippen LogP contribution in [0, 0.1) is 12.7 Å². The van der Waals surface area contributed by atoms with E-state index in [0.29, 0.717) is 25.2 Å². The van der Waals surface area contributed by atoms with E-state index in [0.717, 1.165) is 10.4 Å². The average molecular weight is 288 g/mol. The Morgan fingerprint density at radius 2 is 2.16 bits per heavy atom. The summed E-state index contributed by atoms with van der Waals surface area (Å²) in [6, 6.07) is 2.06. The minimum Gasteiger partial charge on any atom is -0.398 e. The van der Waals surface area contributed by atoms with Gasteiger partial charge in [0.25, 0.3) is 0 Å². The maximum Gasteiger partial charge on any atom is 0.246 e. The van der Waals surface area contributed by atoms with Crippen molar-refractivity contribution >= 4 is 15.7 Å². The molecule has 1 unspecified atom stereocenters. The van der Waals surface area contributed by atoms with Crippen LogP contribution < -0.4 is 5.73 Å². The molecule has 1 heterocycles. The number of ether oxygens (including phenoxy) is 1. The van der Waals surface area contributed by atoms with Crippen LogP contribution in [-0.2, 0) is 14.8 Å². The molecule has 0 aliphatic carbocycles. The van der Waals surface area contributed by atoms with Gasteiger partial charge < -0.3 is 10.5 Å². The normalized spacial score (nSPS) is 20.1. The molecule has 0 radical (unpaired) electrons. The van der Waals surface area contributed by atoms with Gasteiger partial charge in [0.1, 0.15) is 10.7 Å². The van der Waals surface area contributed by atoms with Crippen molar-refractivity contribution in [1.29, 1.82) is 0 Å². The molecule has 1 aromatic carbocycles. The Morgan fingerprint density at radius 1 is 1.47 bits per heavy atom. The predicted octanol–water partition coefficient (Wildman–Crippen LogP) is 1.13. The van der Waals surface area contributed by atoms with E-state index in [9.17, 15) is 12.8 Å². The van der Waals surface area contributed by atoms with Crippen LogP contribution in [0.15, 0.2) is 17.0 Å². The summed E-state index contributed by atoms with van der Waals surface area (Å²) < 4.78 is 45.0. The molecule has 1 aliphatic rings. The summed E-state index contributed by atoms with van der Waals surface area (Å²) >= 11 is 0. The molecule has 1 fully saturated rings. The molecule has 2 N–H and O–H groups in total. The van der Waals surface area contributed by atoms with E-state index in [1.54, 1.807) is 6.92 Å². The second-order valence-electron chi connectivity index (χ2n) is 4.68. The van der Waals surface area contributed by atoms with Crippen molar-refractivity contribution in [2.24, 2.45) is 0 Å². The maximum atomic E-state index is 13.9. The molecule has 5 nitrogen and oxygen atoms in total. The monoisotopic (exact) mass is 288 g/mol.